The molecule has 0 unspecified atom stereocenters. The number of benzene rings is 1. The zero-order chi connectivity index (χ0) is 19.4. The summed E-state index contributed by atoms with van der Waals surface area (Å²) in [6.45, 7) is 11.7. The Labute approximate surface area is 160 Å². The van der Waals surface area contributed by atoms with Crippen LogP contribution in [0, 0.1) is 27.7 Å². The Morgan fingerprint density at radius 2 is 1.89 bits per heavy atom. The minimum Gasteiger partial charge on any atom is -0.379 e. The molecule has 0 saturated carbocycles. The van der Waals surface area contributed by atoms with Gasteiger partial charge < -0.3 is 9.30 Å². The number of carbonyl (C=O) groups excluding carboxylic acids is 1. The van der Waals surface area contributed by atoms with E-state index < -0.39 is 0 Å². The zero-order valence-corrected chi connectivity index (χ0v) is 16.6. The number of ether oxygens (including phenoxy) is 1. The highest BCUT2D eigenvalue weighted by atomic mass is 16.5. The van der Waals surface area contributed by atoms with E-state index in [2.05, 4.69) is 72.0 Å². The molecule has 0 atom stereocenters. The van der Waals surface area contributed by atoms with Gasteiger partial charge in [-0.1, -0.05) is 6.07 Å². The summed E-state index contributed by atoms with van der Waals surface area (Å²) in [6, 6.07) is 8.55. The first kappa shape index (κ1) is 19.3. The summed E-state index contributed by atoms with van der Waals surface area (Å²) in [6.07, 6.45) is 1.72. The Bertz CT molecular complexity index is 848. The Morgan fingerprint density at radius 1 is 1.15 bits per heavy atom. The van der Waals surface area contributed by atoms with Crippen molar-refractivity contribution < 1.29 is 9.53 Å². The number of morpholine rings is 1. The summed E-state index contributed by atoms with van der Waals surface area (Å²) in [7, 11) is 0. The lowest BCUT2D eigenvalue weighted by atomic mass is 10.1. The monoisotopic (exact) mass is 368 g/mol. The van der Waals surface area contributed by atoms with Gasteiger partial charge in [0.25, 0.3) is 5.91 Å². The maximum absolute atomic E-state index is 12.0. The number of aromatic nitrogens is 1. The Morgan fingerprint density at radius 3 is 2.59 bits per heavy atom. The number of hydrazone groups is 1. The van der Waals surface area contributed by atoms with Crippen LogP contribution in [0.4, 0.5) is 0 Å². The number of nitrogens with one attached hydrogen (secondary N) is 1. The number of hydrogen-bond acceptors (Lipinski definition) is 4. The summed E-state index contributed by atoms with van der Waals surface area (Å²) in [5.41, 5.74) is 9.56. The van der Waals surface area contributed by atoms with Crippen molar-refractivity contribution in [1.82, 2.24) is 14.9 Å². The van der Waals surface area contributed by atoms with Crippen molar-refractivity contribution >= 4 is 12.1 Å². The third-order valence-corrected chi connectivity index (χ3v) is 5.08. The molecule has 1 amide bonds. The molecule has 0 bridgehead atoms. The van der Waals surface area contributed by atoms with Crippen LogP contribution in [0.15, 0.2) is 29.4 Å². The molecule has 1 N–H and O–H groups in total. The molecule has 0 radical (unpaired) electrons. The van der Waals surface area contributed by atoms with Gasteiger partial charge in [-0.05, 0) is 57.0 Å². The lowest BCUT2D eigenvalue weighted by Gasteiger charge is -2.25. The minimum atomic E-state index is -0.101. The van der Waals surface area contributed by atoms with Gasteiger partial charge in [-0.15, -0.1) is 0 Å². The van der Waals surface area contributed by atoms with E-state index in [0.717, 1.165) is 35.7 Å². The lowest BCUT2D eigenvalue weighted by Crippen LogP contribution is -2.42. The van der Waals surface area contributed by atoms with Crippen molar-refractivity contribution in [2.75, 3.05) is 32.8 Å². The molecule has 27 heavy (non-hydrogen) atoms. The molecular formula is C21H28N4O2. The summed E-state index contributed by atoms with van der Waals surface area (Å²) < 4.78 is 7.50. The second kappa shape index (κ2) is 8.50. The molecule has 1 aliphatic rings. The third kappa shape index (κ3) is 4.64. The van der Waals surface area contributed by atoms with E-state index in [1.165, 1.54) is 11.1 Å². The molecule has 0 spiro atoms. The van der Waals surface area contributed by atoms with Gasteiger partial charge in [-0.2, -0.15) is 5.10 Å². The summed E-state index contributed by atoms with van der Waals surface area (Å²) in [5.74, 6) is -0.101. The molecule has 1 aromatic carbocycles. The average molecular weight is 368 g/mol. The van der Waals surface area contributed by atoms with Crippen LogP contribution in [0.2, 0.25) is 0 Å². The largest absolute Gasteiger partial charge is 0.379 e. The molecule has 6 heteroatoms. The van der Waals surface area contributed by atoms with Crippen molar-refractivity contribution in [1.29, 1.82) is 0 Å². The first-order valence-electron chi connectivity index (χ1n) is 9.34. The van der Waals surface area contributed by atoms with Gasteiger partial charge in [-0.3, -0.25) is 9.69 Å². The van der Waals surface area contributed by atoms with E-state index in [0.29, 0.717) is 19.8 Å². The van der Waals surface area contributed by atoms with Gasteiger partial charge in [0, 0.05) is 35.7 Å². The topological polar surface area (TPSA) is 58.9 Å². The summed E-state index contributed by atoms with van der Waals surface area (Å²) >= 11 is 0. The highest BCUT2D eigenvalue weighted by molar-refractivity contribution is 5.84. The molecule has 2 aromatic rings. The van der Waals surface area contributed by atoms with Gasteiger partial charge in [0.1, 0.15) is 0 Å². The van der Waals surface area contributed by atoms with Gasteiger partial charge in [0.15, 0.2) is 0 Å². The maximum atomic E-state index is 12.0. The average Bonchev–Trinajstić information content (AvgIpc) is 2.92. The van der Waals surface area contributed by atoms with Gasteiger partial charge in [0.2, 0.25) is 0 Å². The molecule has 1 fully saturated rings. The molecule has 2 heterocycles. The zero-order valence-electron chi connectivity index (χ0n) is 16.6. The van der Waals surface area contributed by atoms with E-state index >= 15 is 0 Å². The number of carbonyl (C=O) groups is 1. The van der Waals surface area contributed by atoms with Crippen LogP contribution in [-0.4, -0.2) is 54.4 Å². The van der Waals surface area contributed by atoms with Crippen LogP contribution in [0.25, 0.3) is 5.69 Å². The van der Waals surface area contributed by atoms with Crippen molar-refractivity contribution in [2.45, 2.75) is 27.7 Å². The van der Waals surface area contributed by atoms with Crippen LogP contribution < -0.4 is 5.43 Å². The minimum absolute atomic E-state index is 0.101. The molecular weight excluding hydrogens is 340 g/mol. The molecule has 3 rings (SSSR count). The lowest BCUT2D eigenvalue weighted by molar-refractivity contribution is -0.123. The number of nitrogens with zero attached hydrogens (tertiary/aromatic N) is 3. The van der Waals surface area contributed by atoms with Crippen LogP contribution in [-0.2, 0) is 9.53 Å². The van der Waals surface area contributed by atoms with Crippen LogP contribution >= 0.6 is 0 Å². The second-order valence-corrected chi connectivity index (χ2v) is 7.11. The van der Waals surface area contributed by atoms with E-state index in [9.17, 15) is 4.79 Å². The van der Waals surface area contributed by atoms with Gasteiger partial charge >= 0.3 is 0 Å². The highest BCUT2D eigenvalue weighted by Crippen LogP contribution is 2.21. The Balaban J connectivity index is 1.67. The quantitative estimate of drug-likeness (QED) is 0.652. The van der Waals surface area contributed by atoms with Crippen molar-refractivity contribution in [3.63, 3.8) is 0 Å². The first-order chi connectivity index (χ1) is 13.0. The second-order valence-electron chi connectivity index (χ2n) is 7.11. The fourth-order valence-corrected chi connectivity index (χ4v) is 3.35. The van der Waals surface area contributed by atoms with Gasteiger partial charge in [-0.25, -0.2) is 5.43 Å². The molecule has 1 aromatic heterocycles. The third-order valence-electron chi connectivity index (χ3n) is 5.08. The fourth-order valence-electron chi connectivity index (χ4n) is 3.35. The van der Waals surface area contributed by atoms with Crippen molar-refractivity contribution in [3.8, 4) is 5.69 Å². The van der Waals surface area contributed by atoms with E-state index in [1.54, 1.807) is 6.21 Å². The molecule has 1 saturated heterocycles. The SMILES string of the molecule is Cc1ccc(-n2c(C)cc(C=NNC(=O)CN3CCOCC3)c2C)cc1C. The Kier molecular flexibility index (Phi) is 6.08. The first-order valence-corrected chi connectivity index (χ1v) is 9.34. The molecule has 6 nitrogen and oxygen atoms in total. The Hall–Kier alpha value is -2.44. The van der Waals surface area contributed by atoms with Crippen molar-refractivity contribution in [2.24, 2.45) is 5.10 Å². The highest BCUT2D eigenvalue weighted by Gasteiger charge is 2.14. The van der Waals surface area contributed by atoms with Crippen LogP contribution in [0.3, 0.4) is 0 Å². The number of amides is 1. The normalized spacial score (nSPS) is 15.4. The van der Waals surface area contributed by atoms with E-state index in [-0.39, 0.29) is 5.91 Å². The molecule has 1 aliphatic heterocycles. The van der Waals surface area contributed by atoms with Gasteiger partial charge in [0.05, 0.1) is 26.0 Å². The molecule has 0 aliphatic carbocycles. The standard InChI is InChI=1S/C21H28N4O2/c1-15-5-6-20(11-16(15)2)25-17(3)12-19(18(25)4)13-22-23-21(26)14-24-7-9-27-10-8-24/h5-6,11-13H,7-10,14H2,1-4H3,(H,23,26). The van der Waals surface area contributed by atoms with Crippen molar-refractivity contribution in [3.05, 3.63) is 52.3 Å². The van der Waals surface area contributed by atoms with E-state index in [4.69, 9.17) is 4.74 Å². The van der Waals surface area contributed by atoms with E-state index in [1.807, 2.05) is 0 Å². The summed E-state index contributed by atoms with van der Waals surface area (Å²) in [4.78, 5) is 14.1. The smallest absolute Gasteiger partial charge is 0.254 e. The maximum Gasteiger partial charge on any atom is 0.254 e. The summed E-state index contributed by atoms with van der Waals surface area (Å²) in [5, 5.41) is 4.15. The number of rotatable bonds is 5. The fraction of sp³-hybridized carbons (Fsp3) is 0.429. The number of hydrogen-bond donors (Lipinski definition) is 1. The number of aryl methyl sites for hydroxylation is 3. The van der Waals surface area contributed by atoms with Crippen LogP contribution in [0.1, 0.15) is 28.1 Å². The predicted octanol–water partition coefficient (Wildman–Crippen LogP) is 2.49. The molecule has 144 valence electrons. The predicted molar refractivity (Wildman–Crippen MR) is 108 cm³/mol. The van der Waals surface area contributed by atoms with Crippen LogP contribution in [0.5, 0.6) is 0 Å².